The number of aromatic nitrogens is 2. The van der Waals surface area contributed by atoms with Crippen LogP contribution >= 0.6 is 0 Å². The van der Waals surface area contributed by atoms with Gasteiger partial charge in [-0.3, -0.25) is 0 Å². The van der Waals surface area contributed by atoms with Crippen LogP contribution in [-0.4, -0.2) is 50.5 Å². The summed E-state index contributed by atoms with van der Waals surface area (Å²) in [5, 5.41) is 17.3. The second-order valence-electron chi connectivity index (χ2n) is 5.89. The highest BCUT2D eigenvalue weighted by molar-refractivity contribution is 5.52. The lowest BCUT2D eigenvalue weighted by molar-refractivity contribution is 0.615. The van der Waals surface area contributed by atoms with Gasteiger partial charge in [-0.25, -0.2) is 4.39 Å². The molecule has 24 heavy (non-hydrogen) atoms. The van der Waals surface area contributed by atoms with Gasteiger partial charge in [-0.2, -0.15) is 5.26 Å². The summed E-state index contributed by atoms with van der Waals surface area (Å²) in [4.78, 5) is 6.19. The highest BCUT2D eigenvalue weighted by Crippen LogP contribution is 2.22. The summed E-state index contributed by atoms with van der Waals surface area (Å²) in [5.74, 6) is 1.21. The summed E-state index contributed by atoms with van der Waals surface area (Å²) < 4.78 is 13.8. The van der Waals surface area contributed by atoms with Gasteiger partial charge in [-0.15, -0.1) is 10.2 Å². The molecule has 3 rings (SSSR count). The van der Waals surface area contributed by atoms with Gasteiger partial charge in [-0.05, 0) is 30.3 Å². The predicted molar refractivity (Wildman–Crippen MR) is 91.9 cm³/mol. The van der Waals surface area contributed by atoms with Crippen LogP contribution in [0.25, 0.3) is 0 Å². The predicted octanol–water partition coefficient (Wildman–Crippen LogP) is 1.88. The number of benzene rings is 1. The van der Waals surface area contributed by atoms with E-state index in [2.05, 4.69) is 20.0 Å². The van der Waals surface area contributed by atoms with Crippen molar-refractivity contribution < 1.29 is 4.39 Å². The minimum absolute atomic E-state index is 0.0774. The first-order valence-corrected chi connectivity index (χ1v) is 7.79. The van der Waals surface area contributed by atoms with Gasteiger partial charge in [0.2, 0.25) is 0 Å². The van der Waals surface area contributed by atoms with Crippen molar-refractivity contribution in [3.63, 3.8) is 0 Å². The van der Waals surface area contributed by atoms with E-state index in [4.69, 9.17) is 5.26 Å². The molecule has 0 atom stereocenters. The van der Waals surface area contributed by atoms with Crippen LogP contribution in [0.4, 0.5) is 21.7 Å². The first kappa shape index (κ1) is 16.0. The Morgan fingerprint density at radius 3 is 2.29 bits per heavy atom. The van der Waals surface area contributed by atoms with Crippen molar-refractivity contribution in [1.82, 2.24) is 10.2 Å². The van der Waals surface area contributed by atoms with E-state index in [0.717, 1.165) is 43.5 Å². The van der Waals surface area contributed by atoms with Crippen molar-refractivity contribution >= 4 is 17.3 Å². The lowest BCUT2D eigenvalue weighted by atomic mass is 10.2. The Labute approximate surface area is 140 Å². The number of anilines is 3. The molecule has 2 aromatic rings. The van der Waals surface area contributed by atoms with Gasteiger partial charge in [0.25, 0.3) is 0 Å². The molecule has 0 saturated carbocycles. The van der Waals surface area contributed by atoms with E-state index in [1.807, 2.05) is 37.2 Å². The molecule has 0 radical (unpaired) electrons. The molecule has 0 spiro atoms. The fourth-order valence-corrected chi connectivity index (χ4v) is 2.71. The molecule has 0 amide bonds. The van der Waals surface area contributed by atoms with Gasteiger partial charge in [0.1, 0.15) is 11.9 Å². The standard InChI is InChI=1S/C17H19FN6/c1-22(2)16-5-6-17(21-20-16)24-9-7-23(8-10-24)14-4-3-13(12-19)15(18)11-14/h3-6,11H,7-10H2,1-2H3. The third-order valence-electron chi connectivity index (χ3n) is 4.14. The normalized spacial score (nSPS) is 14.4. The molecular formula is C17H19FN6. The monoisotopic (exact) mass is 326 g/mol. The van der Waals surface area contributed by atoms with Gasteiger partial charge in [0.05, 0.1) is 5.56 Å². The molecule has 1 fully saturated rings. The Kier molecular flexibility index (Phi) is 4.47. The molecule has 0 aliphatic carbocycles. The molecule has 0 N–H and O–H groups in total. The molecule has 1 aromatic heterocycles. The van der Waals surface area contributed by atoms with Crippen LogP contribution in [0.3, 0.4) is 0 Å². The van der Waals surface area contributed by atoms with Crippen LogP contribution in [0, 0.1) is 17.1 Å². The van der Waals surface area contributed by atoms with Crippen molar-refractivity contribution in [2.24, 2.45) is 0 Å². The molecule has 7 heteroatoms. The molecule has 6 nitrogen and oxygen atoms in total. The number of piperazine rings is 1. The van der Waals surface area contributed by atoms with E-state index in [1.54, 1.807) is 6.07 Å². The molecule has 1 aromatic carbocycles. The highest BCUT2D eigenvalue weighted by atomic mass is 19.1. The van der Waals surface area contributed by atoms with Crippen molar-refractivity contribution in [2.45, 2.75) is 0 Å². The van der Waals surface area contributed by atoms with Gasteiger partial charge < -0.3 is 14.7 Å². The summed E-state index contributed by atoms with van der Waals surface area (Å²) in [6.45, 7) is 3.11. The van der Waals surface area contributed by atoms with Gasteiger partial charge in [-0.1, -0.05) is 0 Å². The molecule has 0 unspecified atom stereocenters. The molecule has 1 aliphatic rings. The number of halogens is 1. The Morgan fingerprint density at radius 1 is 1.04 bits per heavy atom. The number of nitriles is 1. The molecule has 124 valence electrons. The van der Waals surface area contributed by atoms with Crippen LogP contribution in [0.15, 0.2) is 30.3 Å². The smallest absolute Gasteiger partial charge is 0.151 e. The van der Waals surface area contributed by atoms with Gasteiger partial charge in [0.15, 0.2) is 11.6 Å². The number of hydrogen-bond acceptors (Lipinski definition) is 6. The molecule has 1 aliphatic heterocycles. The summed E-state index contributed by atoms with van der Waals surface area (Å²) in [6, 6.07) is 10.5. The third kappa shape index (κ3) is 3.23. The Bertz CT molecular complexity index is 745. The molecule has 1 saturated heterocycles. The minimum atomic E-state index is -0.470. The number of hydrogen-bond donors (Lipinski definition) is 0. The fraction of sp³-hybridized carbons (Fsp3) is 0.353. The largest absolute Gasteiger partial charge is 0.368 e. The van der Waals surface area contributed by atoms with Crippen molar-refractivity contribution in [3.05, 3.63) is 41.7 Å². The SMILES string of the molecule is CN(C)c1ccc(N2CCN(c3ccc(C#N)c(F)c3)CC2)nn1. The number of nitrogens with zero attached hydrogens (tertiary/aromatic N) is 6. The zero-order chi connectivity index (χ0) is 17.1. The quantitative estimate of drug-likeness (QED) is 0.858. The Hall–Kier alpha value is -2.88. The van der Waals surface area contributed by atoms with Crippen LogP contribution in [0.2, 0.25) is 0 Å². The average Bonchev–Trinajstić information content (AvgIpc) is 2.62. The first-order valence-electron chi connectivity index (χ1n) is 7.79. The zero-order valence-electron chi connectivity index (χ0n) is 13.8. The van der Waals surface area contributed by atoms with Crippen LogP contribution in [0.1, 0.15) is 5.56 Å². The maximum Gasteiger partial charge on any atom is 0.151 e. The summed E-state index contributed by atoms with van der Waals surface area (Å²) in [6.07, 6.45) is 0. The lowest BCUT2D eigenvalue weighted by Crippen LogP contribution is -2.47. The minimum Gasteiger partial charge on any atom is -0.368 e. The van der Waals surface area contributed by atoms with Crippen molar-refractivity contribution in [1.29, 1.82) is 5.26 Å². The highest BCUT2D eigenvalue weighted by Gasteiger charge is 2.19. The second kappa shape index (κ2) is 6.71. The van der Waals surface area contributed by atoms with E-state index in [9.17, 15) is 4.39 Å². The van der Waals surface area contributed by atoms with Crippen molar-refractivity contribution in [3.8, 4) is 6.07 Å². The fourth-order valence-electron chi connectivity index (χ4n) is 2.71. The van der Waals surface area contributed by atoms with Crippen LogP contribution < -0.4 is 14.7 Å². The molecule has 0 bridgehead atoms. The maximum atomic E-state index is 13.8. The molecule has 2 heterocycles. The summed E-state index contributed by atoms with van der Waals surface area (Å²) in [5.41, 5.74) is 0.883. The van der Waals surface area contributed by atoms with E-state index in [0.29, 0.717) is 0 Å². The van der Waals surface area contributed by atoms with E-state index in [-0.39, 0.29) is 5.56 Å². The first-order chi connectivity index (χ1) is 11.6. The Balaban J connectivity index is 1.65. The second-order valence-corrected chi connectivity index (χ2v) is 5.89. The third-order valence-corrected chi connectivity index (χ3v) is 4.14. The van der Waals surface area contributed by atoms with Crippen LogP contribution in [0.5, 0.6) is 0 Å². The van der Waals surface area contributed by atoms with Gasteiger partial charge >= 0.3 is 0 Å². The van der Waals surface area contributed by atoms with Crippen molar-refractivity contribution in [2.75, 3.05) is 55.0 Å². The Morgan fingerprint density at radius 2 is 1.75 bits per heavy atom. The summed E-state index contributed by atoms with van der Waals surface area (Å²) in [7, 11) is 3.86. The lowest BCUT2D eigenvalue weighted by Gasteiger charge is -2.36. The van der Waals surface area contributed by atoms with Crippen LogP contribution in [-0.2, 0) is 0 Å². The summed E-state index contributed by atoms with van der Waals surface area (Å²) >= 11 is 0. The number of rotatable bonds is 3. The van der Waals surface area contributed by atoms with Gasteiger partial charge in [0, 0.05) is 46.0 Å². The van der Waals surface area contributed by atoms with E-state index >= 15 is 0 Å². The zero-order valence-corrected chi connectivity index (χ0v) is 13.8. The average molecular weight is 326 g/mol. The van der Waals surface area contributed by atoms with E-state index in [1.165, 1.54) is 12.1 Å². The van der Waals surface area contributed by atoms with E-state index < -0.39 is 5.82 Å². The molecular weight excluding hydrogens is 307 g/mol. The topological polar surface area (TPSA) is 59.3 Å². The maximum absolute atomic E-state index is 13.8.